The molecule has 7 atom stereocenters. The molecule has 1 fully saturated rings. The Morgan fingerprint density at radius 1 is 0.919 bits per heavy atom. The lowest BCUT2D eigenvalue weighted by molar-refractivity contribution is -0.310. The maximum Gasteiger partial charge on any atom is 0.266 e. The summed E-state index contributed by atoms with van der Waals surface area (Å²) in [5, 5.41) is 51.5. The van der Waals surface area contributed by atoms with Gasteiger partial charge in [0.1, 0.15) is 24.4 Å². The van der Waals surface area contributed by atoms with Gasteiger partial charge >= 0.3 is 0 Å². The second kappa shape index (κ2) is 18.4. The summed E-state index contributed by atoms with van der Waals surface area (Å²) in [4.78, 5) is 11.6. The van der Waals surface area contributed by atoms with Crippen molar-refractivity contribution in [2.75, 3.05) is 18.9 Å². The SMILES string of the molecule is CC(CCCCCCC(O)CCCCCCC(=O)NCCS(=O)(=O)O)OC1OC(CO)C(O)C(O)C1O. The largest absolute Gasteiger partial charge is 0.394 e. The van der Waals surface area contributed by atoms with Gasteiger partial charge in [0.2, 0.25) is 5.91 Å². The van der Waals surface area contributed by atoms with Crippen molar-refractivity contribution in [2.45, 2.75) is 127 Å². The van der Waals surface area contributed by atoms with Gasteiger partial charge in [-0.3, -0.25) is 9.35 Å². The highest BCUT2D eigenvalue weighted by Crippen LogP contribution is 2.24. The third kappa shape index (κ3) is 15.3. The summed E-state index contributed by atoms with van der Waals surface area (Å²) in [5.74, 6) is -0.728. The number of aliphatic hydroxyl groups is 5. The summed E-state index contributed by atoms with van der Waals surface area (Å²) in [6.07, 6.45) is 2.56. The highest BCUT2D eigenvalue weighted by molar-refractivity contribution is 7.85. The number of aliphatic hydroxyl groups excluding tert-OH is 5. The molecule has 0 aromatic rings. The van der Waals surface area contributed by atoms with Gasteiger partial charge in [-0.25, -0.2) is 0 Å². The van der Waals surface area contributed by atoms with E-state index in [0.29, 0.717) is 19.3 Å². The molecule has 0 bridgehead atoms. The Labute approximate surface area is 220 Å². The molecule has 7 unspecified atom stereocenters. The predicted octanol–water partition coefficient (Wildman–Crippen LogP) is 0.238. The first-order valence-corrected chi connectivity index (χ1v) is 14.9. The molecule has 0 aliphatic carbocycles. The smallest absolute Gasteiger partial charge is 0.266 e. The van der Waals surface area contributed by atoms with E-state index in [4.69, 9.17) is 14.0 Å². The van der Waals surface area contributed by atoms with Crippen LogP contribution in [0.2, 0.25) is 0 Å². The fraction of sp³-hybridized carbons (Fsp3) is 0.958. The van der Waals surface area contributed by atoms with Crippen LogP contribution < -0.4 is 5.32 Å². The van der Waals surface area contributed by atoms with E-state index >= 15 is 0 Å². The zero-order valence-electron chi connectivity index (χ0n) is 21.8. The van der Waals surface area contributed by atoms with Gasteiger partial charge in [0.15, 0.2) is 6.29 Å². The van der Waals surface area contributed by atoms with Gasteiger partial charge in [0.05, 0.1) is 24.6 Å². The van der Waals surface area contributed by atoms with Gasteiger partial charge in [-0.05, 0) is 32.6 Å². The average Bonchev–Trinajstić information content (AvgIpc) is 2.83. The second-order valence-electron chi connectivity index (χ2n) is 9.88. The molecule has 0 spiro atoms. The molecular formula is C24H47NO11S. The first kappa shape index (κ1) is 34.1. The van der Waals surface area contributed by atoms with E-state index in [2.05, 4.69) is 5.32 Å². The number of hydrogen-bond acceptors (Lipinski definition) is 10. The molecule has 1 aliphatic rings. The first-order valence-electron chi connectivity index (χ1n) is 13.3. The fourth-order valence-electron chi connectivity index (χ4n) is 4.21. The molecule has 7 N–H and O–H groups in total. The van der Waals surface area contributed by atoms with E-state index in [9.17, 15) is 38.7 Å². The number of amides is 1. The lowest BCUT2D eigenvalue weighted by Gasteiger charge is -2.40. The number of ether oxygens (including phenoxy) is 2. The van der Waals surface area contributed by atoms with E-state index in [-0.39, 0.29) is 24.7 Å². The van der Waals surface area contributed by atoms with Gasteiger partial charge in [-0.15, -0.1) is 0 Å². The zero-order chi connectivity index (χ0) is 27.8. The Hall–Kier alpha value is -0.900. The summed E-state index contributed by atoms with van der Waals surface area (Å²) in [6, 6.07) is 0. The molecule has 1 rings (SSSR count). The number of carbonyl (C=O) groups is 1. The van der Waals surface area contributed by atoms with Gasteiger partial charge in [0.25, 0.3) is 10.1 Å². The summed E-state index contributed by atoms with van der Waals surface area (Å²) in [5.41, 5.74) is 0. The van der Waals surface area contributed by atoms with Crippen LogP contribution in [0.1, 0.15) is 84.0 Å². The fourth-order valence-corrected chi connectivity index (χ4v) is 4.57. The van der Waals surface area contributed by atoms with Crippen molar-refractivity contribution in [2.24, 2.45) is 0 Å². The van der Waals surface area contributed by atoms with Gasteiger partial charge < -0.3 is 40.3 Å². The minimum Gasteiger partial charge on any atom is -0.394 e. The molecule has 0 radical (unpaired) electrons. The topological polar surface area (TPSA) is 203 Å². The molecule has 0 aromatic carbocycles. The van der Waals surface area contributed by atoms with E-state index in [1.54, 1.807) is 0 Å². The maximum atomic E-state index is 11.6. The Balaban J connectivity index is 2.00. The molecule has 1 amide bonds. The minimum absolute atomic E-state index is 0.0984. The number of carbonyl (C=O) groups excluding carboxylic acids is 1. The lowest BCUT2D eigenvalue weighted by Crippen LogP contribution is -2.59. The third-order valence-electron chi connectivity index (χ3n) is 6.49. The number of hydrogen-bond donors (Lipinski definition) is 7. The van der Waals surface area contributed by atoms with Gasteiger partial charge in [0, 0.05) is 13.0 Å². The molecule has 12 nitrogen and oxygen atoms in total. The molecule has 37 heavy (non-hydrogen) atoms. The average molecular weight is 558 g/mol. The van der Waals surface area contributed by atoms with Crippen LogP contribution >= 0.6 is 0 Å². The van der Waals surface area contributed by atoms with Crippen molar-refractivity contribution in [3.8, 4) is 0 Å². The Kier molecular flexibility index (Phi) is 17.0. The molecule has 13 heteroatoms. The minimum atomic E-state index is -4.06. The van der Waals surface area contributed by atoms with Crippen molar-refractivity contribution in [3.05, 3.63) is 0 Å². The summed E-state index contributed by atoms with van der Waals surface area (Å²) in [6.45, 7) is 1.24. The van der Waals surface area contributed by atoms with Crippen molar-refractivity contribution in [1.82, 2.24) is 5.32 Å². The number of nitrogens with one attached hydrogen (secondary N) is 1. The van der Waals surface area contributed by atoms with E-state index in [1.165, 1.54) is 0 Å². The molecular weight excluding hydrogens is 510 g/mol. The van der Waals surface area contributed by atoms with Crippen molar-refractivity contribution in [3.63, 3.8) is 0 Å². The van der Waals surface area contributed by atoms with E-state index < -0.39 is 53.2 Å². The van der Waals surface area contributed by atoms with Crippen LogP contribution in [0.3, 0.4) is 0 Å². The van der Waals surface area contributed by atoms with Crippen molar-refractivity contribution < 1.29 is 52.8 Å². The van der Waals surface area contributed by atoms with Crippen LogP contribution in [-0.2, 0) is 24.4 Å². The maximum absolute atomic E-state index is 11.6. The zero-order valence-corrected chi connectivity index (χ0v) is 22.6. The van der Waals surface area contributed by atoms with Crippen LogP contribution in [0.4, 0.5) is 0 Å². The monoisotopic (exact) mass is 557 g/mol. The standard InChI is InChI=1S/C24H47NO11S/c1-17(35-24-23(31)22(30)21(29)19(16-26)36-24)10-6-2-3-7-11-18(27)12-8-4-5-9-13-20(28)25-14-15-37(32,33)34/h17-19,21-24,26-27,29-31H,2-16H2,1H3,(H,25,28)(H,32,33,34). The van der Waals surface area contributed by atoms with Crippen LogP contribution in [0.5, 0.6) is 0 Å². The Morgan fingerprint density at radius 2 is 1.49 bits per heavy atom. The molecule has 1 saturated heterocycles. The highest BCUT2D eigenvalue weighted by Gasteiger charge is 2.44. The Bertz CT molecular complexity index is 721. The quantitative estimate of drug-likeness (QED) is 0.0798. The third-order valence-corrected chi connectivity index (χ3v) is 7.21. The van der Waals surface area contributed by atoms with Crippen LogP contribution in [0, 0.1) is 0 Å². The molecule has 0 saturated carbocycles. The van der Waals surface area contributed by atoms with Crippen LogP contribution in [0.25, 0.3) is 0 Å². The number of unbranched alkanes of at least 4 members (excludes halogenated alkanes) is 6. The van der Waals surface area contributed by atoms with Crippen molar-refractivity contribution in [1.29, 1.82) is 0 Å². The molecule has 1 aliphatic heterocycles. The molecule has 1 heterocycles. The summed E-state index contributed by atoms with van der Waals surface area (Å²) in [7, 11) is -4.06. The van der Waals surface area contributed by atoms with Gasteiger partial charge in [-0.1, -0.05) is 44.9 Å². The highest BCUT2D eigenvalue weighted by atomic mass is 32.2. The van der Waals surface area contributed by atoms with Crippen molar-refractivity contribution >= 4 is 16.0 Å². The molecule has 220 valence electrons. The normalized spacial score (nSPS) is 26.1. The van der Waals surface area contributed by atoms with Crippen LogP contribution in [0.15, 0.2) is 0 Å². The number of rotatable bonds is 20. The molecule has 0 aromatic heterocycles. The van der Waals surface area contributed by atoms with Crippen LogP contribution in [-0.4, -0.2) is 106 Å². The second-order valence-corrected chi connectivity index (χ2v) is 11.5. The predicted molar refractivity (Wildman–Crippen MR) is 135 cm³/mol. The van der Waals surface area contributed by atoms with E-state index in [1.807, 2.05) is 6.92 Å². The lowest BCUT2D eigenvalue weighted by atomic mass is 9.99. The first-order chi connectivity index (χ1) is 17.4. The summed E-state index contributed by atoms with van der Waals surface area (Å²) >= 11 is 0. The Morgan fingerprint density at radius 3 is 2.05 bits per heavy atom. The van der Waals surface area contributed by atoms with Gasteiger partial charge in [-0.2, -0.15) is 8.42 Å². The summed E-state index contributed by atoms with van der Waals surface area (Å²) < 4.78 is 40.8. The van der Waals surface area contributed by atoms with E-state index in [0.717, 1.165) is 57.8 Å².